The van der Waals surface area contributed by atoms with E-state index in [1.807, 2.05) is 26.0 Å². The lowest BCUT2D eigenvalue weighted by Gasteiger charge is -2.11. The molecule has 0 saturated carbocycles. The van der Waals surface area contributed by atoms with E-state index in [1.54, 1.807) is 30.3 Å². The summed E-state index contributed by atoms with van der Waals surface area (Å²) in [5, 5.41) is 18.3. The Morgan fingerprint density at radius 1 is 1.13 bits per heavy atom. The van der Waals surface area contributed by atoms with Gasteiger partial charge >= 0.3 is 0 Å². The van der Waals surface area contributed by atoms with Crippen LogP contribution in [0.2, 0.25) is 10.0 Å². The van der Waals surface area contributed by atoms with Crippen LogP contribution in [0, 0.1) is 32.1 Å². The summed E-state index contributed by atoms with van der Waals surface area (Å²) in [5.74, 6) is -0.664. The highest BCUT2D eigenvalue weighted by molar-refractivity contribution is 6.42. The quantitative estimate of drug-likeness (QED) is 0.474. The molecule has 3 rings (SSSR count). The van der Waals surface area contributed by atoms with Crippen LogP contribution in [-0.2, 0) is 0 Å². The van der Waals surface area contributed by atoms with E-state index >= 15 is 0 Å². The fourth-order valence-corrected chi connectivity index (χ4v) is 3.10. The molecular weight excluding hydrogens is 437 g/mol. The normalized spacial score (nSPS) is 10.8. The van der Waals surface area contributed by atoms with E-state index in [-0.39, 0.29) is 16.8 Å². The maximum atomic E-state index is 12.7. The van der Waals surface area contributed by atoms with Crippen molar-refractivity contribution in [1.29, 1.82) is 5.26 Å². The van der Waals surface area contributed by atoms with Crippen molar-refractivity contribution in [2.45, 2.75) is 20.8 Å². The van der Waals surface area contributed by atoms with Crippen molar-refractivity contribution in [3.8, 4) is 11.8 Å². The smallest absolute Gasteiger partial charge is 0.266 e. The molecule has 0 aliphatic rings. The third-order valence-electron chi connectivity index (χ3n) is 4.72. The number of nitrogens with one attached hydrogen (secondary N) is 1. The third kappa shape index (κ3) is 4.66. The first-order valence-electron chi connectivity index (χ1n) is 9.13. The SMILES string of the molecule is Cc1ccc(-n2nc(C(=O)N/N=C/c3ccc(Cl)c(Cl)c3)c(C)c(C#N)c2=O)cc1C. The number of carbonyl (C=O) groups is 1. The van der Waals surface area contributed by atoms with Crippen molar-refractivity contribution >= 4 is 35.3 Å². The van der Waals surface area contributed by atoms with Crippen molar-refractivity contribution < 1.29 is 4.79 Å². The van der Waals surface area contributed by atoms with Gasteiger partial charge in [0.25, 0.3) is 11.5 Å². The molecule has 1 amide bonds. The minimum Gasteiger partial charge on any atom is -0.266 e. The first-order chi connectivity index (χ1) is 14.7. The summed E-state index contributed by atoms with van der Waals surface area (Å²) in [7, 11) is 0. The van der Waals surface area contributed by atoms with Gasteiger partial charge in [0, 0.05) is 5.56 Å². The van der Waals surface area contributed by atoms with Crippen molar-refractivity contribution in [3.63, 3.8) is 0 Å². The van der Waals surface area contributed by atoms with Gasteiger partial charge in [0.15, 0.2) is 5.69 Å². The lowest BCUT2D eigenvalue weighted by atomic mass is 10.1. The molecule has 9 heteroatoms. The summed E-state index contributed by atoms with van der Waals surface area (Å²) in [6.07, 6.45) is 1.39. The largest absolute Gasteiger partial charge is 0.292 e. The highest BCUT2D eigenvalue weighted by atomic mass is 35.5. The predicted octanol–water partition coefficient (Wildman–Crippen LogP) is 4.10. The number of nitriles is 1. The molecule has 0 atom stereocenters. The topological polar surface area (TPSA) is 100 Å². The first-order valence-corrected chi connectivity index (χ1v) is 9.88. The highest BCUT2D eigenvalue weighted by Gasteiger charge is 2.20. The van der Waals surface area contributed by atoms with Gasteiger partial charge < -0.3 is 0 Å². The van der Waals surface area contributed by atoms with Gasteiger partial charge in [-0.2, -0.15) is 20.1 Å². The van der Waals surface area contributed by atoms with Crippen LogP contribution >= 0.6 is 23.2 Å². The lowest BCUT2D eigenvalue weighted by Crippen LogP contribution is -2.31. The fraction of sp³-hybridized carbons (Fsp3) is 0.136. The number of amides is 1. The zero-order valence-corrected chi connectivity index (χ0v) is 18.4. The zero-order valence-electron chi connectivity index (χ0n) is 16.9. The molecule has 7 nitrogen and oxygen atoms in total. The Labute approximate surface area is 188 Å². The molecule has 1 N–H and O–H groups in total. The van der Waals surface area contributed by atoms with Gasteiger partial charge in [-0.15, -0.1) is 0 Å². The number of aryl methyl sites for hydroxylation is 2. The van der Waals surface area contributed by atoms with Crippen molar-refractivity contribution in [2.24, 2.45) is 5.10 Å². The Balaban J connectivity index is 1.98. The predicted molar refractivity (Wildman–Crippen MR) is 120 cm³/mol. The Morgan fingerprint density at radius 2 is 1.87 bits per heavy atom. The number of carbonyl (C=O) groups excluding carboxylic acids is 1. The number of halogens is 2. The Bertz CT molecular complexity index is 1320. The molecule has 31 heavy (non-hydrogen) atoms. The summed E-state index contributed by atoms with van der Waals surface area (Å²) < 4.78 is 1.05. The van der Waals surface area contributed by atoms with Crippen LogP contribution in [0.25, 0.3) is 5.69 Å². The van der Waals surface area contributed by atoms with E-state index in [0.29, 0.717) is 21.3 Å². The van der Waals surface area contributed by atoms with Crippen LogP contribution in [0.1, 0.15) is 38.3 Å². The van der Waals surface area contributed by atoms with E-state index in [9.17, 15) is 14.9 Å². The van der Waals surface area contributed by atoms with Gasteiger partial charge in [-0.05, 0) is 61.7 Å². The molecule has 0 saturated heterocycles. The third-order valence-corrected chi connectivity index (χ3v) is 5.46. The molecule has 0 spiro atoms. The average Bonchev–Trinajstić information content (AvgIpc) is 2.73. The van der Waals surface area contributed by atoms with E-state index < -0.39 is 11.5 Å². The minimum atomic E-state index is -0.664. The van der Waals surface area contributed by atoms with Crippen LogP contribution in [0.4, 0.5) is 0 Å². The van der Waals surface area contributed by atoms with E-state index in [1.165, 1.54) is 13.1 Å². The molecule has 0 unspecified atom stereocenters. The molecule has 3 aromatic rings. The highest BCUT2D eigenvalue weighted by Crippen LogP contribution is 2.21. The van der Waals surface area contributed by atoms with Crippen LogP contribution in [0.15, 0.2) is 46.3 Å². The van der Waals surface area contributed by atoms with E-state index in [4.69, 9.17) is 23.2 Å². The molecular formula is C22H17Cl2N5O2. The molecule has 1 heterocycles. The Kier molecular flexibility index (Phi) is 6.54. The Hall–Kier alpha value is -3.47. The Morgan fingerprint density at radius 3 is 2.52 bits per heavy atom. The number of hydrogen-bond donors (Lipinski definition) is 1. The average molecular weight is 454 g/mol. The fourth-order valence-electron chi connectivity index (χ4n) is 2.80. The van der Waals surface area contributed by atoms with Crippen LogP contribution in [0.5, 0.6) is 0 Å². The van der Waals surface area contributed by atoms with Gasteiger partial charge in [0.05, 0.1) is 21.9 Å². The number of rotatable bonds is 4. The summed E-state index contributed by atoms with van der Waals surface area (Å²) in [5.41, 5.74) is 4.76. The van der Waals surface area contributed by atoms with Crippen LogP contribution in [-0.4, -0.2) is 21.9 Å². The second kappa shape index (κ2) is 9.13. The van der Waals surface area contributed by atoms with Gasteiger partial charge in [0.1, 0.15) is 11.6 Å². The molecule has 1 aromatic heterocycles. The van der Waals surface area contributed by atoms with Crippen LogP contribution in [0.3, 0.4) is 0 Å². The monoisotopic (exact) mass is 453 g/mol. The minimum absolute atomic E-state index is 0.0827. The number of hydrogen-bond acceptors (Lipinski definition) is 5. The van der Waals surface area contributed by atoms with Crippen LogP contribution < -0.4 is 11.0 Å². The second-order valence-electron chi connectivity index (χ2n) is 6.82. The standard InChI is InChI=1S/C22H17Cl2N5O2/c1-12-4-6-16(8-13(12)2)29-22(31)17(10-25)14(3)20(28-29)21(30)27-26-11-15-5-7-18(23)19(24)9-15/h4-9,11H,1-3H3,(H,27,30)/b26-11+. The number of nitrogens with zero attached hydrogens (tertiary/aromatic N) is 4. The summed E-state index contributed by atoms with van der Waals surface area (Å²) in [6.45, 7) is 5.33. The molecule has 2 aromatic carbocycles. The molecule has 0 radical (unpaired) electrons. The number of benzene rings is 2. The molecule has 156 valence electrons. The van der Waals surface area contributed by atoms with Gasteiger partial charge in [-0.3, -0.25) is 9.59 Å². The first kappa shape index (κ1) is 22.2. The number of aromatic nitrogens is 2. The lowest BCUT2D eigenvalue weighted by molar-refractivity contribution is 0.0947. The second-order valence-corrected chi connectivity index (χ2v) is 7.63. The maximum absolute atomic E-state index is 12.7. The van der Waals surface area contributed by atoms with Crippen molar-refractivity contribution in [3.05, 3.63) is 90.3 Å². The molecule has 0 aliphatic heterocycles. The van der Waals surface area contributed by atoms with E-state index in [0.717, 1.165) is 15.8 Å². The maximum Gasteiger partial charge on any atom is 0.292 e. The van der Waals surface area contributed by atoms with Crippen molar-refractivity contribution in [1.82, 2.24) is 15.2 Å². The molecule has 0 bridgehead atoms. The molecule has 0 fully saturated rings. The summed E-state index contributed by atoms with van der Waals surface area (Å²) >= 11 is 11.8. The van der Waals surface area contributed by atoms with E-state index in [2.05, 4.69) is 15.6 Å². The zero-order chi connectivity index (χ0) is 22.7. The number of hydrazone groups is 1. The summed E-state index contributed by atoms with van der Waals surface area (Å²) in [6, 6.07) is 12.1. The molecule has 0 aliphatic carbocycles. The van der Waals surface area contributed by atoms with Gasteiger partial charge in [-0.1, -0.05) is 35.3 Å². The van der Waals surface area contributed by atoms with Gasteiger partial charge in [-0.25, -0.2) is 5.43 Å². The van der Waals surface area contributed by atoms with Gasteiger partial charge in [0.2, 0.25) is 0 Å². The summed E-state index contributed by atoms with van der Waals surface area (Å²) in [4.78, 5) is 25.4. The van der Waals surface area contributed by atoms with Crippen molar-refractivity contribution in [2.75, 3.05) is 0 Å².